The van der Waals surface area contributed by atoms with Crippen LogP contribution < -0.4 is 4.74 Å². The largest absolute Gasteiger partial charge is 0.484 e. The number of aliphatic hydroxyl groups is 1. The summed E-state index contributed by atoms with van der Waals surface area (Å²) in [5.74, 6) is -0.609. The number of aryl methyl sites for hydroxylation is 2. The van der Waals surface area contributed by atoms with Crippen LogP contribution in [0.2, 0.25) is 0 Å². The first-order valence-corrected chi connectivity index (χ1v) is 7.03. The van der Waals surface area contributed by atoms with Crippen molar-refractivity contribution < 1.29 is 24.3 Å². The Balaban J connectivity index is 2.17. The summed E-state index contributed by atoms with van der Waals surface area (Å²) in [6, 6.07) is 0. The van der Waals surface area contributed by atoms with Gasteiger partial charge in [0.1, 0.15) is 13.2 Å². The third-order valence-electron chi connectivity index (χ3n) is 3.34. The maximum atomic E-state index is 11.2. The smallest absolute Gasteiger partial charge is 0.358 e. The van der Waals surface area contributed by atoms with Gasteiger partial charge in [0.15, 0.2) is 17.2 Å². The topological polar surface area (TPSA) is 111 Å². The Bertz CT molecular complexity index is 647. The quantitative estimate of drug-likeness (QED) is 0.760. The van der Waals surface area contributed by atoms with Gasteiger partial charge in [0.05, 0.1) is 17.5 Å². The molecule has 2 aromatic heterocycles. The molecule has 0 atom stereocenters. The van der Waals surface area contributed by atoms with Crippen LogP contribution in [-0.2, 0) is 26.7 Å². The molecule has 22 heavy (non-hydrogen) atoms. The third kappa shape index (κ3) is 3.28. The van der Waals surface area contributed by atoms with Crippen LogP contribution in [0.15, 0.2) is 10.7 Å². The van der Waals surface area contributed by atoms with Gasteiger partial charge in [-0.2, -0.15) is 5.10 Å². The second-order valence-corrected chi connectivity index (χ2v) is 4.87. The van der Waals surface area contributed by atoms with Crippen molar-refractivity contribution in [2.45, 2.75) is 39.4 Å². The summed E-state index contributed by atoms with van der Waals surface area (Å²) in [4.78, 5) is 11.2. The number of rotatable bonds is 8. The molecule has 2 aromatic rings. The summed E-state index contributed by atoms with van der Waals surface area (Å²) in [6.07, 6.45) is 4.02. The number of aromatic nitrogens is 3. The van der Waals surface area contributed by atoms with E-state index < -0.39 is 5.97 Å². The lowest BCUT2D eigenvalue weighted by Crippen LogP contribution is -2.08. The van der Waals surface area contributed by atoms with Gasteiger partial charge in [-0.1, -0.05) is 18.5 Å². The van der Waals surface area contributed by atoms with Crippen LogP contribution in [-0.4, -0.2) is 31.1 Å². The predicted octanol–water partition coefficient (Wildman–Crippen LogP) is 1.52. The van der Waals surface area contributed by atoms with Crippen LogP contribution in [0.3, 0.4) is 0 Å². The van der Waals surface area contributed by atoms with Crippen molar-refractivity contribution in [1.82, 2.24) is 14.9 Å². The molecule has 2 rings (SSSR count). The van der Waals surface area contributed by atoms with E-state index in [2.05, 4.69) is 17.2 Å². The highest BCUT2D eigenvalue weighted by Gasteiger charge is 2.20. The molecule has 0 aliphatic carbocycles. The van der Waals surface area contributed by atoms with E-state index in [0.29, 0.717) is 11.3 Å². The van der Waals surface area contributed by atoms with Crippen molar-refractivity contribution in [1.29, 1.82) is 0 Å². The molecule has 0 unspecified atom stereocenters. The lowest BCUT2D eigenvalue weighted by molar-refractivity contribution is 0.0679. The second kappa shape index (κ2) is 7.08. The van der Waals surface area contributed by atoms with Gasteiger partial charge in [-0.25, -0.2) is 4.79 Å². The Kier molecular flexibility index (Phi) is 5.16. The number of unbranched alkanes of at least 4 members (excludes halogenated alkanes) is 1. The lowest BCUT2D eigenvalue weighted by atomic mass is 10.1. The highest BCUT2D eigenvalue weighted by atomic mass is 16.5. The Morgan fingerprint density at radius 1 is 1.50 bits per heavy atom. The maximum Gasteiger partial charge on any atom is 0.358 e. The van der Waals surface area contributed by atoms with Crippen molar-refractivity contribution >= 4 is 5.97 Å². The molecule has 2 heterocycles. The van der Waals surface area contributed by atoms with Gasteiger partial charge in [-0.3, -0.25) is 4.68 Å². The number of carboxylic acid groups (broad SMARTS) is 1. The van der Waals surface area contributed by atoms with Gasteiger partial charge in [0.2, 0.25) is 0 Å². The van der Waals surface area contributed by atoms with E-state index in [4.69, 9.17) is 14.4 Å². The molecule has 0 aliphatic heterocycles. The highest BCUT2D eigenvalue weighted by molar-refractivity contribution is 5.88. The van der Waals surface area contributed by atoms with Crippen LogP contribution in [0.1, 0.15) is 47.3 Å². The molecule has 8 heteroatoms. The van der Waals surface area contributed by atoms with E-state index >= 15 is 0 Å². The molecule has 0 fully saturated rings. The summed E-state index contributed by atoms with van der Waals surface area (Å²) in [7, 11) is 1.53. The van der Waals surface area contributed by atoms with Crippen molar-refractivity contribution in [3.8, 4) is 5.75 Å². The summed E-state index contributed by atoms with van der Waals surface area (Å²) in [5.41, 5.74) is 1.36. The van der Waals surface area contributed by atoms with Crippen LogP contribution in [0.4, 0.5) is 0 Å². The lowest BCUT2D eigenvalue weighted by Gasteiger charge is -2.06. The minimum Gasteiger partial charge on any atom is -0.484 e. The van der Waals surface area contributed by atoms with Gasteiger partial charge in [0, 0.05) is 7.05 Å². The standard InChI is InChI=1S/C14H19N3O5/c1-3-4-5-10-9(12(7-18)22-16-10)8-21-11-6-15-17(2)13(11)14(19)20/h6,18H,3-5,7-8H2,1-2H3,(H,19,20). The van der Waals surface area contributed by atoms with Crippen LogP contribution in [0, 0.1) is 0 Å². The predicted molar refractivity (Wildman–Crippen MR) is 75.5 cm³/mol. The molecule has 0 amide bonds. The fourth-order valence-corrected chi connectivity index (χ4v) is 2.13. The van der Waals surface area contributed by atoms with E-state index in [1.165, 1.54) is 17.9 Å². The van der Waals surface area contributed by atoms with Crippen molar-refractivity contribution in [2.24, 2.45) is 7.05 Å². The van der Waals surface area contributed by atoms with Crippen molar-refractivity contribution in [3.05, 3.63) is 28.9 Å². The number of carboxylic acids is 1. The molecular formula is C14H19N3O5. The summed E-state index contributed by atoms with van der Waals surface area (Å²) < 4.78 is 11.9. The summed E-state index contributed by atoms with van der Waals surface area (Å²) in [5, 5.41) is 26.3. The second-order valence-electron chi connectivity index (χ2n) is 4.87. The fraction of sp³-hybridized carbons (Fsp3) is 0.500. The number of carbonyl (C=O) groups is 1. The molecule has 0 radical (unpaired) electrons. The van der Waals surface area contributed by atoms with E-state index in [1.54, 1.807) is 0 Å². The van der Waals surface area contributed by atoms with E-state index in [-0.39, 0.29) is 24.7 Å². The Morgan fingerprint density at radius 2 is 2.27 bits per heavy atom. The van der Waals surface area contributed by atoms with Gasteiger partial charge in [-0.05, 0) is 12.8 Å². The molecule has 2 N–H and O–H groups in total. The Labute approximate surface area is 127 Å². The maximum absolute atomic E-state index is 11.2. The van der Waals surface area contributed by atoms with E-state index in [9.17, 15) is 9.90 Å². The number of hydrogen-bond donors (Lipinski definition) is 2. The average Bonchev–Trinajstić information content (AvgIpc) is 3.05. The molecule has 0 saturated carbocycles. The molecule has 0 aliphatic rings. The molecule has 0 saturated heterocycles. The number of hydrogen-bond acceptors (Lipinski definition) is 6. The molecule has 8 nitrogen and oxygen atoms in total. The Morgan fingerprint density at radius 3 is 2.91 bits per heavy atom. The monoisotopic (exact) mass is 309 g/mol. The van der Waals surface area contributed by atoms with Crippen molar-refractivity contribution in [3.63, 3.8) is 0 Å². The zero-order valence-corrected chi connectivity index (χ0v) is 12.6. The molecule has 0 aromatic carbocycles. The number of aromatic carboxylic acids is 1. The zero-order valence-electron chi connectivity index (χ0n) is 12.6. The van der Waals surface area contributed by atoms with Gasteiger partial charge < -0.3 is 19.5 Å². The minimum absolute atomic E-state index is 0.0305. The van der Waals surface area contributed by atoms with Gasteiger partial charge in [0.25, 0.3) is 0 Å². The summed E-state index contributed by atoms with van der Waals surface area (Å²) in [6.45, 7) is 1.86. The third-order valence-corrected chi connectivity index (χ3v) is 3.34. The first-order chi connectivity index (χ1) is 10.6. The average molecular weight is 309 g/mol. The molecule has 0 bridgehead atoms. The van der Waals surface area contributed by atoms with Gasteiger partial charge in [-0.15, -0.1) is 0 Å². The van der Waals surface area contributed by atoms with Crippen LogP contribution >= 0.6 is 0 Å². The molecular weight excluding hydrogens is 290 g/mol. The highest BCUT2D eigenvalue weighted by Crippen LogP contribution is 2.22. The minimum atomic E-state index is -1.12. The zero-order chi connectivity index (χ0) is 16.1. The number of aliphatic hydroxyl groups excluding tert-OH is 1. The Hall–Kier alpha value is -2.35. The molecule has 120 valence electrons. The first-order valence-electron chi connectivity index (χ1n) is 7.03. The SMILES string of the molecule is CCCCc1noc(CO)c1COc1cnn(C)c1C(=O)O. The fourth-order valence-electron chi connectivity index (χ4n) is 2.13. The number of ether oxygens (including phenoxy) is 1. The van der Waals surface area contributed by atoms with Gasteiger partial charge >= 0.3 is 5.97 Å². The molecule has 0 spiro atoms. The first kappa shape index (κ1) is 16.0. The van der Waals surface area contributed by atoms with Crippen LogP contribution in [0.5, 0.6) is 5.75 Å². The van der Waals surface area contributed by atoms with Crippen molar-refractivity contribution in [2.75, 3.05) is 0 Å². The normalized spacial score (nSPS) is 10.9. The summed E-state index contributed by atoms with van der Waals surface area (Å²) >= 11 is 0. The van der Waals surface area contributed by atoms with E-state index in [0.717, 1.165) is 25.0 Å². The van der Waals surface area contributed by atoms with Crippen LogP contribution in [0.25, 0.3) is 0 Å². The number of nitrogens with zero attached hydrogens (tertiary/aromatic N) is 3. The van der Waals surface area contributed by atoms with E-state index in [1.807, 2.05) is 0 Å².